The molecule has 4 aromatic rings. The highest BCUT2D eigenvalue weighted by Gasteiger charge is 2.34. The van der Waals surface area contributed by atoms with Crippen LogP contribution in [0.5, 0.6) is 0 Å². The Bertz CT molecular complexity index is 1610. The molecule has 0 spiro atoms. The van der Waals surface area contributed by atoms with Gasteiger partial charge in [0.05, 0.1) is 15.8 Å². The van der Waals surface area contributed by atoms with Crippen LogP contribution in [0.3, 0.4) is 0 Å². The smallest absolute Gasteiger partial charge is 0.271 e. The maximum atomic E-state index is 13.6. The minimum Gasteiger partial charge on any atom is -0.464 e. The summed E-state index contributed by atoms with van der Waals surface area (Å²) in [6, 6.07) is 20.2. The van der Waals surface area contributed by atoms with Crippen LogP contribution in [0.1, 0.15) is 35.6 Å². The van der Waals surface area contributed by atoms with Gasteiger partial charge in [0.2, 0.25) is 0 Å². The van der Waals surface area contributed by atoms with Crippen molar-refractivity contribution in [2.24, 2.45) is 4.99 Å². The molecule has 0 bridgehead atoms. The Kier molecular flexibility index (Phi) is 5.63. The molecule has 1 amide bonds. The molecule has 1 N–H and O–H groups in total. The number of aryl methyl sites for hydroxylation is 2. The second-order valence-corrected chi connectivity index (χ2v) is 9.22. The third kappa shape index (κ3) is 3.95. The fourth-order valence-corrected chi connectivity index (χ4v) is 5.13. The molecule has 2 aromatic carbocycles. The summed E-state index contributed by atoms with van der Waals surface area (Å²) in [4.78, 5) is 32.3. The van der Waals surface area contributed by atoms with Gasteiger partial charge in [-0.2, -0.15) is 0 Å². The average Bonchev–Trinajstić information content (AvgIpc) is 3.38. The molecule has 5 rings (SSSR count). The van der Waals surface area contributed by atoms with Crippen molar-refractivity contribution in [3.05, 3.63) is 120 Å². The number of carbonyl (C=O) groups excluding carboxylic acids is 1. The summed E-state index contributed by atoms with van der Waals surface area (Å²) in [5.41, 5.74) is 3.31. The number of allylic oxidation sites excluding steroid dienone is 1. The van der Waals surface area contributed by atoms with Gasteiger partial charge >= 0.3 is 0 Å². The number of benzene rings is 2. The van der Waals surface area contributed by atoms with Crippen LogP contribution >= 0.6 is 11.3 Å². The Balaban J connectivity index is 1.67. The molecule has 0 aliphatic carbocycles. The molecule has 0 unspecified atom stereocenters. The number of fused-ring (bicyclic) bond motifs is 1. The van der Waals surface area contributed by atoms with Crippen LogP contribution in [-0.4, -0.2) is 10.5 Å². The summed E-state index contributed by atoms with van der Waals surface area (Å²) in [6.07, 6.45) is 1.85. The van der Waals surface area contributed by atoms with Crippen LogP contribution in [0.25, 0.3) is 6.08 Å². The van der Waals surface area contributed by atoms with Gasteiger partial charge in [0, 0.05) is 5.69 Å². The van der Waals surface area contributed by atoms with E-state index in [0.29, 0.717) is 37.8 Å². The molecular weight excluding hydrogens is 446 g/mol. The van der Waals surface area contributed by atoms with Crippen molar-refractivity contribution < 1.29 is 9.21 Å². The number of nitrogens with zero attached hydrogens (tertiary/aromatic N) is 2. The number of hydrogen-bond donors (Lipinski definition) is 1. The predicted octanol–water partition coefficient (Wildman–Crippen LogP) is 4.08. The molecule has 0 fully saturated rings. The molecule has 0 radical (unpaired) electrons. The van der Waals surface area contributed by atoms with Crippen molar-refractivity contribution in [2.45, 2.75) is 26.8 Å². The Morgan fingerprint density at radius 3 is 2.47 bits per heavy atom. The molecular formula is C27H23N3O3S. The number of anilines is 1. The number of hydrogen-bond acceptors (Lipinski definition) is 5. The van der Waals surface area contributed by atoms with E-state index >= 15 is 0 Å². The standard InChI is InChI=1S/C27H23N3O3S/c1-16-9-7-8-12-20(16)29-25(31)23-18(3)28-27-30(24(23)21-14-13-17(2)33-21)26(32)22(34-27)15-19-10-5-4-6-11-19/h4-15,24H,1-3H3,(H,29,31)/b22-15+/t24-/m1/s1. The van der Waals surface area contributed by atoms with E-state index in [-0.39, 0.29) is 11.5 Å². The van der Waals surface area contributed by atoms with Crippen LogP contribution < -0.4 is 20.2 Å². The summed E-state index contributed by atoms with van der Waals surface area (Å²) in [6.45, 7) is 5.57. The highest BCUT2D eigenvalue weighted by molar-refractivity contribution is 7.07. The Labute approximate surface area is 200 Å². The van der Waals surface area contributed by atoms with Crippen LogP contribution in [0.4, 0.5) is 5.69 Å². The fraction of sp³-hybridized carbons (Fsp3) is 0.148. The zero-order valence-electron chi connectivity index (χ0n) is 19.0. The molecule has 1 aliphatic rings. The number of para-hydroxylation sites is 1. The quantitative estimate of drug-likeness (QED) is 0.489. The maximum Gasteiger partial charge on any atom is 0.271 e. The van der Waals surface area contributed by atoms with Crippen molar-refractivity contribution in [2.75, 3.05) is 5.32 Å². The van der Waals surface area contributed by atoms with Crippen molar-refractivity contribution in [1.29, 1.82) is 0 Å². The second-order valence-electron chi connectivity index (χ2n) is 8.21. The molecule has 2 aromatic heterocycles. The average molecular weight is 470 g/mol. The van der Waals surface area contributed by atoms with E-state index in [1.807, 2.05) is 86.7 Å². The van der Waals surface area contributed by atoms with Crippen molar-refractivity contribution in [1.82, 2.24) is 4.57 Å². The molecule has 7 heteroatoms. The van der Waals surface area contributed by atoms with Gasteiger partial charge in [0.15, 0.2) is 4.80 Å². The van der Waals surface area contributed by atoms with Crippen molar-refractivity contribution in [3.8, 4) is 0 Å². The molecule has 34 heavy (non-hydrogen) atoms. The summed E-state index contributed by atoms with van der Waals surface area (Å²) in [7, 11) is 0. The van der Waals surface area contributed by atoms with Gasteiger partial charge in [-0.1, -0.05) is 59.9 Å². The Morgan fingerprint density at radius 1 is 1.03 bits per heavy atom. The summed E-state index contributed by atoms with van der Waals surface area (Å²) < 4.78 is 8.06. The minimum atomic E-state index is -0.716. The summed E-state index contributed by atoms with van der Waals surface area (Å²) in [5, 5.41) is 3.00. The molecule has 0 saturated carbocycles. The first-order valence-corrected chi connectivity index (χ1v) is 11.7. The van der Waals surface area contributed by atoms with E-state index in [9.17, 15) is 9.59 Å². The van der Waals surface area contributed by atoms with E-state index in [1.54, 1.807) is 11.5 Å². The third-order valence-corrected chi connectivity index (χ3v) is 6.77. The highest BCUT2D eigenvalue weighted by atomic mass is 32.1. The lowest BCUT2D eigenvalue weighted by Crippen LogP contribution is -2.40. The van der Waals surface area contributed by atoms with Gasteiger partial charge in [-0.25, -0.2) is 4.99 Å². The monoisotopic (exact) mass is 469 g/mol. The lowest BCUT2D eigenvalue weighted by atomic mass is 10.00. The van der Waals surface area contributed by atoms with Crippen LogP contribution in [0.15, 0.2) is 92.2 Å². The normalized spacial score (nSPS) is 15.7. The van der Waals surface area contributed by atoms with Gasteiger partial charge in [0.1, 0.15) is 17.6 Å². The van der Waals surface area contributed by atoms with Gasteiger partial charge in [0.25, 0.3) is 11.5 Å². The molecule has 3 heterocycles. The fourth-order valence-electron chi connectivity index (χ4n) is 4.08. The molecule has 6 nitrogen and oxygen atoms in total. The molecule has 1 atom stereocenters. The van der Waals surface area contributed by atoms with Crippen LogP contribution in [0.2, 0.25) is 0 Å². The SMILES string of the molecule is CC1=C(C(=O)Nc2ccccc2C)[C@@H](c2ccc(C)o2)n2c(s/c(=C/c3ccccc3)c2=O)=N1. The zero-order chi connectivity index (χ0) is 23.8. The number of carbonyl (C=O) groups is 1. The van der Waals surface area contributed by atoms with Crippen LogP contribution in [-0.2, 0) is 4.79 Å². The maximum absolute atomic E-state index is 13.6. The third-order valence-electron chi connectivity index (χ3n) is 5.79. The van der Waals surface area contributed by atoms with Gasteiger partial charge in [-0.15, -0.1) is 0 Å². The number of amides is 1. The zero-order valence-corrected chi connectivity index (χ0v) is 19.8. The van der Waals surface area contributed by atoms with E-state index in [2.05, 4.69) is 10.3 Å². The van der Waals surface area contributed by atoms with Gasteiger partial charge < -0.3 is 9.73 Å². The number of thiazole rings is 1. The number of furan rings is 1. The Morgan fingerprint density at radius 2 is 1.76 bits per heavy atom. The molecule has 1 aliphatic heterocycles. The molecule has 0 saturated heterocycles. The van der Waals surface area contributed by atoms with Crippen LogP contribution in [0, 0.1) is 13.8 Å². The molecule has 170 valence electrons. The van der Waals surface area contributed by atoms with Crippen molar-refractivity contribution >= 4 is 29.0 Å². The van der Waals surface area contributed by atoms with Crippen molar-refractivity contribution in [3.63, 3.8) is 0 Å². The largest absolute Gasteiger partial charge is 0.464 e. The summed E-state index contributed by atoms with van der Waals surface area (Å²) in [5.74, 6) is 0.913. The van der Waals surface area contributed by atoms with E-state index in [1.165, 1.54) is 11.3 Å². The summed E-state index contributed by atoms with van der Waals surface area (Å²) >= 11 is 1.31. The van der Waals surface area contributed by atoms with E-state index in [0.717, 1.165) is 11.1 Å². The van der Waals surface area contributed by atoms with Gasteiger partial charge in [-0.3, -0.25) is 14.2 Å². The highest BCUT2D eigenvalue weighted by Crippen LogP contribution is 2.32. The first-order valence-electron chi connectivity index (χ1n) is 10.9. The van der Waals surface area contributed by atoms with E-state index in [4.69, 9.17) is 4.42 Å². The van der Waals surface area contributed by atoms with E-state index < -0.39 is 6.04 Å². The number of nitrogens with one attached hydrogen (secondary N) is 1. The second kappa shape index (κ2) is 8.76. The first kappa shape index (κ1) is 21.9. The lowest BCUT2D eigenvalue weighted by Gasteiger charge is -2.23. The predicted molar refractivity (Wildman–Crippen MR) is 133 cm³/mol. The number of rotatable bonds is 4. The van der Waals surface area contributed by atoms with Gasteiger partial charge in [-0.05, 0) is 56.2 Å². The Hall–Kier alpha value is -3.97. The minimum absolute atomic E-state index is 0.208. The first-order chi connectivity index (χ1) is 16.4. The number of aromatic nitrogens is 1. The topological polar surface area (TPSA) is 76.6 Å². The lowest BCUT2D eigenvalue weighted by molar-refractivity contribution is -0.113.